The Labute approximate surface area is 136 Å². The first-order chi connectivity index (χ1) is 11.1. The van der Waals surface area contributed by atoms with E-state index in [4.69, 9.17) is 0 Å². The fourth-order valence-corrected chi connectivity index (χ4v) is 3.70. The summed E-state index contributed by atoms with van der Waals surface area (Å²) in [6.07, 6.45) is 9.14. The third-order valence-corrected chi connectivity index (χ3v) is 5.47. The Bertz CT molecular complexity index is 639. The van der Waals surface area contributed by atoms with Crippen molar-refractivity contribution in [3.05, 3.63) is 17.5 Å². The normalized spacial score (nSPS) is 26.3. The van der Waals surface area contributed by atoms with Crippen molar-refractivity contribution in [1.82, 2.24) is 15.1 Å². The lowest BCUT2D eigenvalue weighted by Crippen LogP contribution is -2.41. The molecule has 0 aromatic carbocycles. The summed E-state index contributed by atoms with van der Waals surface area (Å²) < 4.78 is 2.07. The maximum atomic E-state index is 12.8. The second kappa shape index (κ2) is 5.42. The monoisotopic (exact) mass is 315 g/mol. The largest absolute Gasteiger partial charge is 0.349 e. The fraction of sp³-hybridized carbons (Fsp3) is 0.765. The Morgan fingerprint density at radius 2 is 2.22 bits per heavy atom. The Hall–Kier alpha value is -1.72. The Kier molecular flexibility index (Phi) is 3.50. The van der Waals surface area contributed by atoms with Crippen LogP contribution in [0.25, 0.3) is 0 Å². The molecule has 6 heteroatoms. The van der Waals surface area contributed by atoms with E-state index in [0.29, 0.717) is 12.0 Å². The first-order valence-corrected chi connectivity index (χ1v) is 8.94. The second-order valence-corrected chi connectivity index (χ2v) is 7.37. The number of rotatable bonds is 5. The molecule has 2 unspecified atom stereocenters. The average molecular weight is 315 g/mol. The van der Waals surface area contributed by atoms with Gasteiger partial charge in [0.1, 0.15) is 0 Å². The van der Waals surface area contributed by atoms with Crippen LogP contribution in [0, 0.1) is 0 Å². The summed E-state index contributed by atoms with van der Waals surface area (Å²) in [5.41, 5.74) is 1.76. The van der Waals surface area contributed by atoms with Gasteiger partial charge in [0.05, 0.1) is 17.5 Å². The molecule has 6 nitrogen and oxygen atoms in total. The zero-order valence-corrected chi connectivity index (χ0v) is 14.0. The van der Waals surface area contributed by atoms with Gasteiger partial charge in [0, 0.05) is 24.4 Å². The van der Waals surface area contributed by atoms with Crippen LogP contribution in [0.4, 0.5) is 0 Å². The van der Waals surface area contributed by atoms with Gasteiger partial charge in [-0.3, -0.25) is 9.48 Å². The molecule has 1 aliphatic heterocycles. The van der Waals surface area contributed by atoms with Gasteiger partial charge in [-0.25, -0.2) is 0 Å². The summed E-state index contributed by atoms with van der Waals surface area (Å²) >= 11 is 0. The van der Waals surface area contributed by atoms with Crippen LogP contribution in [0.15, 0.2) is 16.4 Å². The van der Waals surface area contributed by atoms with Gasteiger partial charge < -0.3 is 5.32 Å². The molecule has 2 aliphatic carbocycles. The predicted octanol–water partition coefficient (Wildman–Crippen LogP) is 3.57. The highest BCUT2D eigenvalue weighted by atomic mass is 16.1. The Balaban J connectivity index is 1.50. The van der Waals surface area contributed by atoms with Crippen LogP contribution in [0.3, 0.4) is 0 Å². The highest BCUT2D eigenvalue weighted by Gasteiger charge is 2.45. The van der Waals surface area contributed by atoms with Crippen molar-refractivity contribution in [2.75, 3.05) is 0 Å². The molecule has 4 rings (SSSR count). The SMILES string of the molecule is CCC(C)n1ncc(C(=O)NC2CCCC3(C2)N=N3)c1C1CC1. The zero-order chi connectivity index (χ0) is 16.0. The highest BCUT2D eigenvalue weighted by molar-refractivity contribution is 5.95. The molecule has 23 heavy (non-hydrogen) atoms. The first kappa shape index (κ1) is 14.8. The molecular weight excluding hydrogens is 290 g/mol. The molecule has 1 spiro atoms. The lowest BCUT2D eigenvalue weighted by atomic mass is 9.88. The van der Waals surface area contributed by atoms with Crippen molar-refractivity contribution < 1.29 is 4.79 Å². The van der Waals surface area contributed by atoms with Crippen LogP contribution in [0.5, 0.6) is 0 Å². The van der Waals surface area contributed by atoms with Crippen LogP contribution < -0.4 is 5.32 Å². The topological polar surface area (TPSA) is 71.6 Å². The van der Waals surface area contributed by atoms with Gasteiger partial charge in [0.15, 0.2) is 5.66 Å². The van der Waals surface area contributed by atoms with Crippen molar-refractivity contribution in [3.8, 4) is 0 Å². The fourth-order valence-electron chi connectivity index (χ4n) is 3.70. The summed E-state index contributed by atoms with van der Waals surface area (Å²) in [5, 5.41) is 16.1. The van der Waals surface area contributed by atoms with Gasteiger partial charge >= 0.3 is 0 Å². The first-order valence-electron chi connectivity index (χ1n) is 8.94. The van der Waals surface area contributed by atoms with Gasteiger partial charge in [-0.15, -0.1) is 0 Å². The van der Waals surface area contributed by atoms with E-state index in [9.17, 15) is 4.79 Å². The number of hydrogen-bond acceptors (Lipinski definition) is 4. The lowest BCUT2D eigenvalue weighted by molar-refractivity contribution is 0.0921. The molecule has 1 amide bonds. The molecule has 0 bridgehead atoms. The van der Waals surface area contributed by atoms with Crippen molar-refractivity contribution in [2.45, 2.75) is 82.5 Å². The Morgan fingerprint density at radius 3 is 2.87 bits per heavy atom. The summed E-state index contributed by atoms with van der Waals surface area (Å²) in [6.45, 7) is 4.33. The van der Waals surface area contributed by atoms with E-state index in [1.165, 1.54) is 12.8 Å². The van der Waals surface area contributed by atoms with Crippen molar-refractivity contribution in [2.24, 2.45) is 10.2 Å². The van der Waals surface area contributed by atoms with E-state index >= 15 is 0 Å². The molecule has 2 fully saturated rings. The minimum absolute atomic E-state index is 0.0316. The molecular formula is C17H25N5O. The van der Waals surface area contributed by atoms with E-state index in [1.807, 2.05) is 0 Å². The number of aromatic nitrogens is 2. The second-order valence-electron chi connectivity index (χ2n) is 7.37. The summed E-state index contributed by atoms with van der Waals surface area (Å²) in [6, 6.07) is 0.527. The van der Waals surface area contributed by atoms with Gasteiger partial charge in [0.2, 0.25) is 0 Å². The smallest absolute Gasteiger partial charge is 0.254 e. The third kappa shape index (κ3) is 2.79. The summed E-state index contributed by atoms with van der Waals surface area (Å²) in [5.74, 6) is 0.544. The number of hydrogen-bond donors (Lipinski definition) is 1. The minimum Gasteiger partial charge on any atom is -0.349 e. The number of nitrogens with one attached hydrogen (secondary N) is 1. The number of carbonyl (C=O) groups is 1. The minimum atomic E-state index is -0.156. The molecule has 124 valence electrons. The number of carbonyl (C=O) groups excluding carboxylic acids is 1. The molecule has 0 saturated heterocycles. The zero-order valence-electron chi connectivity index (χ0n) is 14.0. The van der Waals surface area contributed by atoms with Gasteiger partial charge in [-0.05, 0) is 45.4 Å². The summed E-state index contributed by atoms with van der Waals surface area (Å²) in [4.78, 5) is 12.8. The molecule has 2 saturated carbocycles. The highest BCUT2D eigenvalue weighted by Crippen LogP contribution is 2.44. The molecule has 1 N–H and O–H groups in total. The molecule has 2 atom stereocenters. The number of nitrogens with zero attached hydrogens (tertiary/aromatic N) is 4. The third-order valence-electron chi connectivity index (χ3n) is 5.47. The maximum absolute atomic E-state index is 12.8. The van der Waals surface area contributed by atoms with Crippen LogP contribution in [-0.2, 0) is 0 Å². The maximum Gasteiger partial charge on any atom is 0.254 e. The molecule has 0 radical (unpaired) electrons. The van der Waals surface area contributed by atoms with Gasteiger partial charge in [-0.1, -0.05) is 6.92 Å². The molecule has 1 aromatic heterocycles. The van der Waals surface area contributed by atoms with Gasteiger partial charge in [0.25, 0.3) is 5.91 Å². The van der Waals surface area contributed by atoms with E-state index in [-0.39, 0.29) is 17.6 Å². The Morgan fingerprint density at radius 1 is 1.43 bits per heavy atom. The van der Waals surface area contributed by atoms with Crippen molar-refractivity contribution in [1.29, 1.82) is 0 Å². The van der Waals surface area contributed by atoms with E-state index < -0.39 is 0 Å². The van der Waals surface area contributed by atoms with Gasteiger partial charge in [-0.2, -0.15) is 15.3 Å². The van der Waals surface area contributed by atoms with Crippen molar-refractivity contribution in [3.63, 3.8) is 0 Å². The molecule has 3 aliphatic rings. The van der Waals surface area contributed by atoms with E-state index in [1.54, 1.807) is 6.20 Å². The molecule has 1 aromatic rings. The van der Waals surface area contributed by atoms with E-state index in [0.717, 1.165) is 43.4 Å². The van der Waals surface area contributed by atoms with E-state index in [2.05, 4.69) is 39.2 Å². The van der Waals surface area contributed by atoms with Crippen LogP contribution in [-0.4, -0.2) is 27.4 Å². The quantitative estimate of drug-likeness (QED) is 0.902. The lowest BCUT2D eigenvalue weighted by Gasteiger charge is -2.26. The van der Waals surface area contributed by atoms with Crippen LogP contribution in [0.1, 0.15) is 86.8 Å². The molecule has 2 heterocycles. The summed E-state index contributed by atoms with van der Waals surface area (Å²) in [7, 11) is 0. The van der Waals surface area contributed by atoms with Crippen molar-refractivity contribution >= 4 is 5.91 Å². The van der Waals surface area contributed by atoms with Crippen LogP contribution in [0.2, 0.25) is 0 Å². The standard InChI is InChI=1S/C17H25N5O/c1-3-11(2)22-15(12-6-7-12)14(10-18-22)16(23)19-13-5-4-8-17(9-13)20-21-17/h10-13H,3-9H2,1-2H3,(H,19,23). The average Bonchev–Trinajstić information content (AvgIpc) is 3.47. The predicted molar refractivity (Wildman–Crippen MR) is 86.5 cm³/mol. The number of amides is 1. The van der Waals surface area contributed by atoms with Crippen LogP contribution >= 0.6 is 0 Å².